The number of nitrogens with zero attached hydrogens (tertiary/aromatic N) is 2. The van der Waals surface area contributed by atoms with E-state index in [1.165, 1.54) is 32.5 Å². The fraction of sp³-hybridized carbons (Fsp3) is 1.00. The van der Waals surface area contributed by atoms with Gasteiger partial charge >= 0.3 is 0 Å². The Balaban J connectivity index is 2.80. The topological polar surface area (TPSA) is 32.5 Å². The van der Waals surface area contributed by atoms with Crippen molar-refractivity contribution >= 4 is 0 Å². The quantitative estimate of drug-likeness (QED) is 0.790. The van der Waals surface area contributed by atoms with E-state index in [0.29, 0.717) is 11.6 Å². The van der Waals surface area contributed by atoms with Crippen LogP contribution in [-0.2, 0) is 0 Å². The molecule has 0 spiro atoms. The number of nitrogens with two attached hydrogens (primary N) is 1. The van der Waals surface area contributed by atoms with Crippen molar-refractivity contribution in [2.24, 2.45) is 5.73 Å². The van der Waals surface area contributed by atoms with Crippen molar-refractivity contribution < 1.29 is 0 Å². The monoisotopic (exact) mass is 227 g/mol. The summed E-state index contributed by atoms with van der Waals surface area (Å²) in [6, 6.07) is 0.632. The third-order valence-electron chi connectivity index (χ3n) is 3.81. The molecule has 0 saturated carbocycles. The first kappa shape index (κ1) is 13.9. The predicted molar refractivity (Wildman–Crippen MR) is 70.6 cm³/mol. The molecule has 16 heavy (non-hydrogen) atoms. The van der Waals surface area contributed by atoms with Crippen LogP contribution in [0, 0.1) is 0 Å². The Morgan fingerprint density at radius 1 is 1.38 bits per heavy atom. The molecule has 0 aromatic heterocycles. The second-order valence-electron chi connectivity index (χ2n) is 5.75. The van der Waals surface area contributed by atoms with Crippen LogP contribution in [0.15, 0.2) is 0 Å². The van der Waals surface area contributed by atoms with Gasteiger partial charge in [-0.2, -0.15) is 0 Å². The minimum Gasteiger partial charge on any atom is -0.330 e. The highest BCUT2D eigenvalue weighted by Gasteiger charge is 2.34. The van der Waals surface area contributed by atoms with Crippen LogP contribution in [0.2, 0.25) is 0 Å². The van der Waals surface area contributed by atoms with E-state index in [-0.39, 0.29) is 0 Å². The zero-order valence-corrected chi connectivity index (χ0v) is 11.5. The summed E-state index contributed by atoms with van der Waals surface area (Å²) in [5, 5.41) is 0. The van der Waals surface area contributed by atoms with Gasteiger partial charge in [-0.15, -0.1) is 0 Å². The first-order chi connectivity index (χ1) is 7.51. The number of rotatable bonds is 4. The third-order valence-corrected chi connectivity index (χ3v) is 3.81. The Labute approximate surface area is 101 Å². The van der Waals surface area contributed by atoms with Crippen LogP contribution in [0.1, 0.15) is 40.0 Å². The van der Waals surface area contributed by atoms with E-state index >= 15 is 0 Å². The second-order valence-corrected chi connectivity index (χ2v) is 5.75. The second kappa shape index (κ2) is 5.99. The lowest BCUT2D eigenvalue weighted by Crippen LogP contribution is -2.51. The minimum absolute atomic E-state index is 0.320. The Hall–Kier alpha value is -0.120. The first-order valence-corrected chi connectivity index (χ1v) is 6.66. The molecule has 1 fully saturated rings. The van der Waals surface area contributed by atoms with E-state index in [9.17, 15) is 0 Å². The van der Waals surface area contributed by atoms with Gasteiger partial charge in [0.15, 0.2) is 0 Å². The molecule has 3 heteroatoms. The van der Waals surface area contributed by atoms with Gasteiger partial charge in [0.05, 0.1) is 0 Å². The molecular formula is C13H29N3. The van der Waals surface area contributed by atoms with Crippen LogP contribution in [-0.4, -0.2) is 54.6 Å². The number of likely N-dealkylation sites (N-methyl/N-ethyl adjacent to an activating group) is 1. The van der Waals surface area contributed by atoms with Gasteiger partial charge in [-0.25, -0.2) is 0 Å². The number of hydrogen-bond donors (Lipinski definition) is 1. The van der Waals surface area contributed by atoms with E-state index < -0.39 is 0 Å². The summed E-state index contributed by atoms with van der Waals surface area (Å²) in [7, 11) is 2.23. The van der Waals surface area contributed by atoms with Gasteiger partial charge < -0.3 is 10.6 Å². The average molecular weight is 227 g/mol. The molecule has 96 valence electrons. The molecule has 1 unspecified atom stereocenters. The Bertz CT molecular complexity index is 203. The molecule has 0 aromatic rings. The van der Waals surface area contributed by atoms with Crippen LogP contribution >= 0.6 is 0 Å². The van der Waals surface area contributed by atoms with Crippen LogP contribution < -0.4 is 5.73 Å². The van der Waals surface area contributed by atoms with E-state index in [2.05, 4.69) is 37.6 Å². The maximum Gasteiger partial charge on any atom is 0.0240 e. The molecule has 2 N–H and O–H groups in total. The summed E-state index contributed by atoms with van der Waals surface area (Å²) >= 11 is 0. The molecule has 1 aliphatic heterocycles. The summed E-state index contributed by atoms with van der Waals surface area (Å²) in [5.74, 6) is 0. The summed E-state index contributed by atoms with van der Waals surface area (Å²) in [5.41, 5.74) is 6.08. The normalized spacial score (nSPS) is 27.9. The van der Waals surface area contributed by atoms with Crippen molar-refractivity contribution in [1.82, 2.24) is 9.80 Å². The molecule has 0 aliphatic carbocycles. The summed E-state index contributed by atoms with van der Waals surface area (Å²) in [6.45, 7) is 11.4. The fourth-order valence-corrected chi connectivity index (χ4v) is 2.82. The summed E-state index contributed by atoms with van der Waals surface area (Å²) in [4.78, 5) is 5.14. The number of hydrogen-bond acceptors (Lipinski definition) is 3. The van der Waals surface area contributed by atoms with Crippen LogP contribution in [0.25, 0.3) is 0 Å². The average Bonchev–Trinajstić information content (AvgIpc) is 2.31. The lowest BCUT2D eigenvalue weighted by atomic mass is 9.96. The fourth-order valence-electron chi connectivity index (χ4n) is 2.82. The van der Waals surface area contributed by atoms with E-state index in [0.717, 1.165) is 13.0 Å². The maximum atomic E-state index is 5.76. The smallest absolute Gasteiger partial charge is 0.0240 e. The standard InChI is InChI=1S/C13H29N3/c1-5-9-16-12(6-8-14)11-15(4)10-7-13(16,2)3/h12H,5-11,14H2,1-4H3. The lowest BCUT2D eigenvalue weighted by molar-refractivity contribution is 0.0718. The van der Waals surface area contributed by atoms with E-state index in [1.54, 1.807) is 0 Å². The van der Waals surface area contributed by atoms with Crippen molar-refractivity contribution in [3.63, 3.8) is 0 Å². The zero-order chi connectivity index (χ0) is 12.2. The van der Waals surface area contributed by atoms with Crippen molar-refractivity contribution in [2.45, 2.75) is 51.6 Å². The molecule has 1 heterocycles. The molecule has 0 radical (unpaired) electrons. The molecule has 0 aromatic carbocycles. The molecular weight excluding hydrogens is 198 g/mol. The van der Waals surface area contributed by atoms with E-state index in [4.69, 9.17) is 5.73 Å². The van der Waals surface area contributed by atoms with Gasteiger partial charge in [-0.3, -0.25) is 4.90 Å². The molecule has 1 saturated heterocycles. The third kappa shape index (κ3) is 3.44. The van der Waals surface area contributed by atoms with Crippen LogP contribution in [0.4, 0.5) is 0 Å². The van der Waals surface area contributed by atoms with Crippen LogP contribution in [0.3, 0.4) is 0 Å². The van der Waals surface area contributed by atoms with Crippen molar-refractivity contribution in [3.05, 3.63) is 0 Å². The van der Waals surface area contributed by atoms with Crippen molar-refractivity contribution in [2.75, 3.05) is 33.2 Å². The molecule has 1 aliphatic rings. The molecule has 0 bridgehead atoms. The van der Waals surface area contributed by atoms with Gasteiger partial charge in [0.2, 0.25) is 0 Å². The van der Waals surface area contributed by atoms with Crippen LogP contribution in [0.5, 0.6) is 0 Å². The summed E-state index contributed by atoms with van der Waals surface area (Å²) < 4.78 is 0. The zero-order valence-electron chi connectivity index (χ0n) is 11.5. The van der Waals surface area contributed by atoms with Gasteiger partial charge in [0.25, 0.3) is 0 Å². The highest BCUT2D eigenvalue weighted by molar-refractivity contribution is 4.91. The molecule has 3 nitrogen and oxygen atoms in total. The molecule has 0 amide bonds. The Kier molecular flexibility index (Phi) is 5.22. The van der Waals surface area contributed by atoms with Crippen molar-refractivity contribution in [1.29, 1.82) is 0 Å². The Morgan fingerprint density at radius 3 is 2.62 bits per heavy atom. The van der Waals surface area contributed by atoms with Gasteiger partial charge in [0.1, 0.15) is 0 Å². The molecule has 1 rings (SSSR count). The van der Waals surface area contributed by atoms with Gasteiger partial charge in [-0.1, -0.05) is 6.92 Å². The maximum absolute atomic E-state index is 5.76. The molecule has 1 atom stereocenters. The van der Waals surface area contributed by atoms with Crippen molar-refractivity contribution in [3.8, 4) is 0 Å². The highest BCUT2D eigenvalue weighted by Crippen LogP contribution is 2.27. The lowest BCUT2D eigenvalue weighted by Gasteiger charge is -2.42. The Morgan fingerprint density at radius 2 is 2.06 bits per heavy atom. The SMILES string of the molecule is CCCN1C(CCN)CN(C)CCC1(C)C. The van der Waals surface area contributed by atoms with Gasteiger partial charge in [-0.05, 0) is 59.8 Å². The highest BCUT2D eigenvalue weighted by atomic mass is 15.3. The van der Waals surface area contributed by atoms with E-state index in [1.807, 2.05) is 0 Å². The minimum atomic E-state index is 0.320. The van der Waals surface area contributed by atoms with Gasteiger partial charge in [0, 0.05) is 18.1 Å². The summed E-state index contributed by atoms with van der Waals surface area (Å²) in [6.07, 6.45) is 3.60. The predicted octanol–water partition coefficient (Wildman–Crippen LogP) is 1.53. The largest absolute Gasteiger partial charge is 0.330 e. The first-order valence-electron chi connectivity index (χ1n) is 6.66.